The van der Waals surface area contributed by atoms with Gasteiger partial charge in [0.2, 0.25) is 5.91 Å². The molecule has 26 heavy (non-hydrogen) atoms. The van der Waals surface area contributed by atoms with Crippen molar-refractivity contribution in [1.29, 1.82) is 0 Å². The molecule has 0 atom stereocenters. The molecular formula is C18H15N3O3S2. The van der Waals surface area contributed by atoms with Crippen LogP contribution in [0.4, 0.5) is 5.69 Å². The van der Waals surface area contributed by atoms with Gasteiger partial charge < -0.3 is 15.1 Å². The number of anilines is 1. The van der Waals surface area contributed by atoms with Crippen LogP contribution in [0.2, 0.25) is 0 Å². The maximum atomic E-state index is 12.4. The average Bonchev–Trinajstić information content (AvgIpc) is 3.27. The highest BCUT2D eigenvalue weighted by molar-refractivity contribution is 8.00. The summed E-state index contributed by atoms with van der Waals surface area (Å²) in [5, 5.41) is 8.54. The first kappa shape index (κ1) is 16.9. The minimum atomic E-state index is -0.222. The van der Waals surface area contributed by atoms with Gasteiger partial charge in [-0.3, -0.25) is 9.59 Å². The summed E-state index contributed by atoms with van der Waals surface area (Å²) in [7, 11) is 0. The summed E-state index contributed by atoms with van der Waals surface area (Å²) in [6, 6.07) is 8.98. The zero-order valence-corrected chi connectivity index (χ0v) is 15.5. The number of thioether (sulfide) groups is 1. The number of nitrogens with one attached hydrogen (secondary N) is 2. The van der Waals surface area contributed by atoms with E-state index in [1.54, 1.807) is 23.5 Å². The molecule has 0 unspecified atom stereocenters. The van der Waals surface area contributed by atoms with Crippen molar-refractivity contribution in [2.24, 2.45) is 0 Å². The van der Waals surface area contributed by atoms with Crippen molar-refractivity contribution in [2.45, 2.75) is 18.4 Å². The second kappa shape index (κ2) is 6.97. The maximum absolute atomic E-state index is 12.4. The third-order valence-electron chi connectivity index (χ3n) is 3.83. The molecule has 132 valence electrons. The number of hydrogen-bond donors (Lipinski definition) is 2. The Morgan fingerprint density at radius 2 is 2.23 bits per heavy atom. The topological polar surface area (TPSA) is 84.2 Å². The van der Waals surface area contributed by atoms with E-state index in [1.165, 1.54) is 11.8 Å². The SMILES string of the molecule is Cc1nc(-c2ccc(CNC(=O)c3ccc4c(c3)NC(=O)CS4)o2)cs1. The lowest BCUT2D eigenvalue weighted by atomic mass is 10.2. The zero-order valence-electron chi connectivity index (χ0n) is 13.9. The van der Waals surface area contributed by atoms with Gasteiger partial charge in [-0.2, -0.15) is 0 Å². The van der Waals surface area contributed by atoms with E-state index >= 15 is 0 Å². The molecule has 2 amide bonds. The summed E-state index contributed by atoms with van der Waals surface area (Å²) >= 11 is 3.03. The summed E-state index contributed by atoms with van der Waals surface area (Å²) in [6.45, 7) is 2.22. The molecule has 0 saturated carbocycles. The molecule has 1 aliphatic heterocycles. The van der Waals surface area contributed by atoms with Crippen LogP contribution in [0, 0.1) is 6.92 Å². The number of fused-ring (bicyclic) bond motifs is 1. The normalized spacial score (nSPS) is 13.2. The van der Waals surface area contributed by atoms with Crippen molar-refractivity contribution in [3.8, 4) is 11.5 Å². The lowest BCUT2D eigenvalue weighted by molar-refractivity contribution is -0.113. The molecule has 3 aromatic rings. The standard InChI is InChI=1S/C18H15N3O3S2/c1-10-20-14(8-25-10)15-4-3-12(24-15)7-19-18(23)11-2-5-16-13(6-11)21-17(22)9-26-16/h2-6,8H,7,9H2,1H3,(H,19,23)(H,21,22). The van der Waals surface area contributed by atoms with Crippen LogP contribution in [0.5, 0.6) is 0 Å². The fraction of sp³-hybridized carbons (Fsp3) is 0.167. The molecule has 0 fully saturated rings. The predicted molar refractivity (Wildman–Crippen MR) is 102 cm³/mol. The zero-order chi connectivity index (χ0) is 18.1. The first-order valence-corrected chi connectivity index (χ1v) is 9.81. The summed E-state index contributed by atoms with van der Waals surface area (Å²) in [4.78, 5) is 29.2. The summed E-state index contributed by atoms with van der Waals surface area (Å²) < 4.78 is 5.74. The fourth-order valence-electron chi connectivity index (χ4n) is 2.58. The number of hydrogen-bond acceptors (Lipinski definition) is 6. The van der Waals surface area contributed by atoms with Crippen molar-refractivity contribution in [3.63, 3.8) is 0 Å². The molecule has 4 rings (SSSR count). The van der Waals surface area contributed by atoms with Gasteiger partial charge >= 0.3 is 0 Å². The number of aromatic nitrogens is 1. The Morgan fingerprint density at radius 1 is 1.35 bits per heavy atom. The van der Waals surface area contributed by atoms with E-state index < -0.39 is 0 Å². The van der Waals surface area contributed by atoms with Crippen molar-refractivity contribution in [1.82, 2.24) is 10.3 Å². The molecule has 0 radical (unpaired) electrons. The molecule has 0 spiro atoms. The van der Waals surface area contributed by atoms with Crippen LogP contribution in [0.25, 0.3) is 11.5 Å². The third-order valence-corrected chi connectivity index (χ3v) is 5.68. The Bertz CT molecular complexity index is 993. The number of carbonyl (C=O) groups is 2. The lowest BCUT2D eigenvalue weighted by Gasteiger charge is -2.16. The molecule has 1 aliphatic rings. The summed E-state index contributed by atoms with van der Waals surface area (Å²) in [5.41, 5.74) is 1.97. The highest BCUT2D eigenvalue weighted by Crippen LogP contribution is 2.32. The monoisotopic (exact) mass is 385 g/mol. The molecule has 0 bridgehead atoms. The van der Waals surface area contributed by atoms with Gasteiger partial charge in [0.1, 0.15) is 11.5 Å². The highest BCUT2D eigenvalue weighted by Gasteiger charge is 2.17. The van der Waals surface area contributed by atoms with Gasteiger partial charge in [-0.1, -0.05) is 0 Å². The number of thiazole rings is 1. The van der Waals surface area contributed by atoms with Crippen LogP contribution < -0.4 is 10.6 Å². The minimum absolute atomic E-state index is 0.0551. The van der Waals surface area contributed by atoms with E-state index in [1.807, 2.05) is 30.5 Å². The Morgan fingerprint density at radius 3 is 3.04 bits per heavy atom. The molecular weight excluding hydrogens is 370 g/mol. The Hall–Kier alpha value is -2.58. The second-order valence-corrected chi connectivity index (χ2v) is 7.83. The van der Waals surface area contributed by atoms with Crippen LogP contribution in [0.3, 0.4) is 0 Å². The number of furan rings is 1. The number of nitrogens with zero attached hydrogens (tertiary/aromatic N) is 1. The fourth-order valence-corrected chi connectivity index (χ4v) is 3.97. The number of carbonyl (C=O) groups excluding carboxylic acids is 2. The molecule has 1 aromatic carbocycles. The van der Waals surface area contributed by atoms with Crippen LogP contribution in [-0.2, 0) is 11.3 Å². The molecule has 8 heteroatoms. The Balaban J connectivity index is 1.42. The molecule has 0 saturated heterocycles. The van der Waals surface area contributed by atoms with Gasteiger partial charge in [-0.05, 0) is 37.3 Å². The van der Waals surface area contributed by atoms with Gasteiger partial charge in [-0.25, -0.2) is 4.98 Å². The lowest BCUT2D eigenvalue weighted by Crippen LogP contribution is -2.24. The third kappa shape index (κ3) is 3.51. The predicted octanol–water partition coefficient (Wildman–Crippen LogP) is 3.69. The van der Waals surface area contributed by atoms with Gasteiger partial charge in [0.15, 0.2) is 5.76 Å². The second-order valence-electron chi connectivity index (χ2n) is 5.75. The molecule has 6 nitrogen and oxygen atoms in total. The van der Waals surface area contributed by atoms with Crippen LogP contribution >= 0.6 is 23.1 Å². The van der Waals surface area contributed by atoms with Crippen molar-refractivity contribution in [3.05, 3.63) is 52.0 Å². The van der Waals surface area contributed by atoms with E-state index in [4.69, 9.17) is 4.42 Å². The van der Waals surface area contributed by atoms with Crippen molar-refractivity contribution in [2.75, 3.05) is 11.1 Å². The van der Waals surface area contributed by atoms with Crippen LogP contribution in [0.1, 0.15) is 21.1 Å². The van der Waals surface area contributed by atoms with E-state index in [9.17, 15) is 9.59 Å². The van der Waals surface area contributed by atoms with Gasteiger partial charge in [0.25, 0.3) is 5.91 Å². The summed E-state index contributed by atoms with van der Waals surface area (Å²) in [5.74, 6) is 1.46. The van der Waals surface area contributed by atoms with Gasteiger partial charge in [-0.15, -0.1) is 23.1 Å². The van der Waals surface area contributed by atoms with E-state index in [0.29, 0.717) is 28.5 Å². The van der Waals surface area contributed by atoms with Gasteiger partial charge in [0.05, 0.1) is 23.0 Å². The molecule has 2 N–H and O–H groups in total. The largest absolute Gasteiger partial charge is 0.458 e. The number of benzene rings is 1. The van der Waals surface area contributed by atoms with Gasteiger partial charge in [0, 0.05) is 15.8 Å². The minimum Gasteiger partial charge on any atom is -0.458 e. The Labute approximate surface area is 158 Å². The van der Waals surface area contributed by atoms with Crippen molar-refractivity contribution >= 4 is 40.6 Å². The molecule has 0 aliphatic carbocycles. The first-order valence-electron chi connectivity index (χ1n) is 7.94. The number of rotatable bonds is 4. The molecule has 3 heterocycles. The summed E-state index contributed by atoms with van der Waals surface area (Å²) in [6.07, 6.45) is 0. The molecule has 2 aromatic heterocycles. The number of amides is 2. The quantitative estimate of drug-likeness (QED) is 0.716. The van der Waals surface area contributed by atoms with Crippen LogP contribution in [0.15, 0.2) is 45.0 Å². The van der Waals surface area contributed by atoms with Crippen LogP contribution in [-0.4, -0.2) is 22.6 Å². The first-order chi connectivity index (χ1) is 12.6. The Kier molecular flexibility index (Phi) is 4.52. The van der Waals surface area contributed by atoms with Crippen molar-refractivity contribution < 1.29 is 14.0 Å². The average molecular weight is 385 g/mol. The van der Waals surface area contributed by atoms with E-state index in [-0.39, 0.29) is 18.4 Å². The maximum Gasteiger partial charge on any atom is 0.251 e. The van der Waals surface area contributed by atoms with E-state index in [0.717, 1.165) is 15.6 Å². The smallest absolute Gasteiger partial charge is 0.251 e. The highest BCUT2D eigenvalue weighted by atomic mass is 32.2. The van der Waals surface area contributed by atoms with E-state index in [2.05, 4.69) is 15.6 Å². The number of aryl methyl sites for hydroxylation is 1.